The number of benzene rings is 1. The molecule has 0 saturated carbocycles. The van der Waals surface area contributed by atoms with Crippen molar-refractivity contribution in [2.75, 3.05) is 11.4 Å². The van der Waals surface area contributed by atoms with E-state index in [4.69, 9.17) is 4.74 Å². The number of ether oxygens (including phenoxy) is 1. The number of esters is 1. The van der Waals surface area contributed by atoms with E-state index in [0.29, 0.717) is 6.54 Å². The predicted octanol–water partition coefficient (Wildman–Crippen LogP) is 0.0576. The smallest absolute Gasteiger partial charge is 0.328 e. The van der Waals surface area contributed by atoms with Crippen LogP contribution < -0.4 is 16.1 Å². The molecular formula is C17H17N3O5. The third kappa shape index (κ3) is 3.52. The summed E-state index contributed by atoms with van der Waals surface area (Å²) < 4.78 is 6.15. The lowest BCUT2D eigenvalue weighted by Gasteiger charge is -2.21. The van der Waals surface area contributed by atoms with E-state index in [9.17, 15) is 19.2 Å². The Hall–Kier alpha value is -3.16. The van der Waals surface area contributed by atoms with Gasteiger partial charge in [0.15, 0.2) is 6.10 Å². The van der Waals surface area contributed by atoms with Crippen LogP contribution in [0.4, 0.5) is 5.69 Å². The van der Waals surface area contributed by atoms with Gasteiger partial charge in [0.05, 0.1) is 0 Å². The maximum absolute atomic E-state index is 12.5. The number of aromatic amines is 1. The normalized spacial score (nSPS) is 14.0. The van der Waals surface area contributed by atoms with Crippen LogP contribution >= 0.6 is 0 Å². The van der Waals surface area contributed by atoms with Crippen molar-refractivity contribution in [3.8, 4) is 0 Å². The number of aromatic nitrogens is 2. The largest absolute Gasteiger partial charge is 0.451 e. The molecule has 8 heteroatoms. The fraction of sp³-hybridized carbons (Fsp3) is 0.294. The van der Waals surface area contributed by atoms with Gasteiger partial charge in [0, 0.05) is 24.5 Å². The van der Waals surface area contributed by atoms with Gasteiger partial charge in [-0.25, -0.2) is 4.79 Å². The molecule has 0 fully saturated rings. The Kier molecular flexibility index (Phi) is 4.51. The topological polar surface area (TPSA) is 101 Å². The minimum absolute atomic E-state index is 0.313. The first-order valence-corrected chi connectivity index (χ1v) is 7.84. The van der Waals surface area contributed by atoms with Crippen LogP contribution in [0.15, 0.2) is 46.1 Å². The SMILES string of the molecule is C[C@H](OC(=O)Cn1ccc(=O)[nH]c1=O)C(=O)N1CCc2ccccc21. The highest BCUT2D eigenvalue weighted by Gasteiger charge is 2.29. The second-order valence-electron chi connectivity index (χ2n) is 5.74. The van der Waals surface area contributed by atoms with Crippen molar-refractivity contribution in [3.63, 3.8) is 0 Å². The van der Waals surface area contributed by atoms with Gasteiger partial charge < -0.3 is 9.64 Å². The average molecular weight is 343 g/mol. The van der Waals surface area contributed by atoms with E-state index in [1.54, 1.807) is 4.90 Å². The molecule has 1 N–H and O–H groups in total. The minimum atomic E-state index is -0.975. The van der Waals surface area contributed by atoms with Gasteiger partial charge in [0.1, 0.15) is 6.54 Å². The number of fused-ring (bicyclic) bond motifs is 1. The zero-order valence-corrected chi connectivity index (χ0v) is 13.6. The number of anilines is 1. The Morgan fingerprint density at radius 1 is 1.24 bits per heavy atom. The van der Waals surface area contributed by atoms with E-state index in [1.807, 2.05) is 29.2 Å². The molecule has 0 radical (unpaired) electrons. The van der Waals surface area contributed by atoms with Crippen LogP contribution in [-0.4, -0.2) is 34.1 Å². The third-order valence-electron chi connectivity index (χ3n) is 4.01. The Bertz CT molecular complexity index is 930. The van der Waals surface area contributed by atoms with Gasteiger partial charge in [-0.15, -0.1) is 0 Å². The molecule has 0 saturated heterocycles. The Labute approximate surface area is 142 Å². The molecule has 1 aliphatic heterocycles. The highest BCUT2D eigenvalue weighted by atomic mass is 16.5. The number of nitrogens with zero attached hydrogens (tertiary/aromatic N) is 2. The van der Waals surface area contributed by atoms with E-state index < -0.39 is 23.3 Å². The summed E-state index contributed by atoms with van der Waals surface area (Å²) in [6, 6.07) is 8.71. The summed E-state index contributed by atoms with van der Waals surface area (Å²) in [6.45, 7) is 1.65. The molecule has 3 rings (SSSR count). The van der Waals surface area contributed by atoms with Crippen molar-refractivity contribution in [1.29, 1.82) is 0 Å². The first-order valence-electron chi connectivity index (χ1n) is 7.84. The zero-order chi connectivity index (χ0) is 18.0. The highest BCUT2D eigenvalue weighted by molar-refractivity contribution is 5.99. The maximum Gasteiger partial charge on any atom is 0.328 e. The van der Waals surface area contributed by atoms with E-state index in [0.717, 1.165) is 28.3 Å². The van der Waals surface area contributed by atoms with Crippen molar-refractivity contribution in [3.05, 3.63) is 62.9 Å². The molecule has 2 aromatic rings. The summed E-state index contributed by atoms with van der Waals surface area (Å²) in [5.74, 6) is -1.05. The van der Waals surface area contributed by atoms with Crippen molar-refractivity contribution < 1.29 is 14.3 Å². The molecule has 130 valence electrons. The van der Waals surface area contributed by atoms with Crippen molar-refractivity contribution in [1.82, 2.24) is 9.55 Å². The third-order valence-corrected chi connectivity index (χ3v) is 4.01. The molecule has 0 aliphatic carbocycles. The number of H-pyrrole nitrogens is 1. The van der Waals surface area contributed by atoms with Gasteiger partial charge in [-0.3, -0.25) is 23.9 Å². The van der Waals surface area contributed by atoms with Gasteiger partial charge in [0.2, 0.25) is 0 Å². The molecule has 2 heterocycles. The lowest BCUT2D eigenvalue weighted by Crippen LogP contribution is -2.40. The Morgan fingerprint density at radius 3 is 2.76 bits per heavy atom. The standard InChI is InChI=1S/C17H17N3O5/c1-11(16(23)20-9-6-12-4-2-3-5-13(12)20)25-15(22)10-19-8-7-14(21)18-17(19)24/h2-5,7-8,11H,6,9-10H2,1H3,(H,18,21,24)/t11-/m0/s1. The van der Waals surface area contributed by atoms with Crippen LogP contribution in [-0.2, 0) is 27.3 Å². The van der Waals surface area contributed by atoms with Crippen LogP contribution in [0, 0.1) is 0 Å². The van der Waals surface area contributed by atoms with E-state index in [2.05, 4.69) is 0 Å². The molecule has 1 aromatic heterocycles. The Balaban J connectivity index is 1.65. The predicted molar refractivity (Wildman–Crippen MR) is 89.4 cm³/mol. The number of carbonyl (C=O) groups excluding carboxylic acids is 2. The Morgan fingerprint density at radius 2 is 2.00 bits per heavy atom. The van der Waals surface area contributed by atoms with Gasteiger partial charge in [-0.1, -0.05) is 18.2 Å². The monoisotopic (exact) mass is 343 g/mol. The summed E-state index contributed by atoms with van der Waals surface area (Å²) >= 11 is 0. The van der Waals surface area contributed by atoms with E-state index in [1.165, 1.54) is 13.1 Å². The average Bonchev–Trinajstić information content (AvgIpc) is 3.00. The fourth-order valence-corrected chi connectivity index (χ4v) is 2.78. The molecule has 1 atom stereocenters. The molecule has 1 aromatic carbocycles. The van der Waals surface area contributed by atoms with Crippen LogP contribution in [0.1, 0.15) is 12.5 Å². The van der Waals surface area contributed by atoms with Gasteiger partial charge in [0.25, 0.3) is 11.5 Å². The molecule has 0 bridgehead atoms. The fourth-order valence-electron chi connectivity index (χ4n) is 2.78. The number of carbonyl (C=O) groups is 2. The summed E-state index contributed by atoms with van der Waals surface area (Å²) in [5.41, 5.74) is 0.643. The van der Waals surface area contributed by atoms with Gasteiger partial charge in [-0.2, -0.15) is 0 Å². The van der Waals surface area contributed by atoms with Crippen molar-refractivity contribution in [2.24, 2.45) is 0 Å². The minimum Gasteiger partial charge on any atom is -0.451 e. The number of rotatable bonds is 4. The molecule has 0 unspecified atom stereocenters. The van der Waals surface area contributed by atoms with Crippen LogP contribution in [0.3, 0.4) is 0 Å². The summed E-state index contributed by atoms with van der Waals surface area (Å²) in [4.78, 5) is 50.7. The number of hydrogen-bond donors (Lipinski definition) is 1. The summed E-state index contributed by atoms with van der Waals surface area (Å²) in [5, 5.41) is 0. The number of nitrogens with one attached hydrogen (secondary N) is 1. The lowest BCUT2D eigenvalue weighted by atomic mass is 10.2. The molecular weight excluding hydrogens is 326 g/mol. The van der Waals surface area contributed by atoms with Crippen molar-refractivity contribution in [2.45, 2.75) is 26.0 Å². The first-order chi connectivity index (χ1) is 12.0. The maximum atomic E-state index is 12.5. The highest BCUT2D eigenvalue weighted by Crippen LogP contribution is 2.28. The summed E-state index contributed by atoms with van der Waals surface area (Å²) in [7, 11) is 0. The van der Waals surface area contributed by atoms with Gasteiger partial charge in [-0.05, 0) is 25.0 Å². The molecule has 8 nitrogen and oxygen atoms in total. The number of amides is 1. The number of para-hydroxylation sites is 1. The molecule has 0 spiro atoms. The van der Waals surface area contributed by atoms with E-state index >= 15 is 0 Å². The van der Waals surface area contributed by atoms with Crippen molar-refractivity contribution >= 4 is 17.6 Å². The lowest BCUT2D eigenvalue weighted by molar-refractivity contribution is -0.154. The second-order valence-corrected chi connectivity index (χ2v) is 5.74. The van der Waals surface area contributed by atoms with Gasteiger partial charge >= 0.3 is 11.7 Å². The first kappa shape index (κ1) is 16.7. The van der Waals surface area contributed by atoms with Crippen LogP contribution in [0.5, 0.6) is 0 Å². The molecule has 1 aliphatic rings. The molecule has 1 amide bonds. The second kappa shape index (κ2) is 6.76. The summed E-state index contributed by atoms with van der Waals surface area (Å²) in [6.07, 6.45) is 0.984. The zero-order valence-electron chi connectivity index (χ0n) is 13.6. The molecule has 25 heavy (non-hydrogen) atoms. The van der Waals surface area contributed by atoms with Crippen LogP contribution in [0.2, 0.25) is 0 Å². The van der Waals surface area contributed by atoms with Crippen LogP contribution in [0.25, 0.3) is 0 Å². The number of hydrogen-bond acceptors (Lipinski definition) is 5. The van der Waals surface area contributed by atoms with E-state index in [-0.39, 0.29) is 12.5 Å². The quantitative estimate of drug-likeness (QED) is 0.791.